The van der Waals surface area contributed by atoms with Gasteiger partial charge in [0.2, 0.25) is 0 Å². The minimum Gasteiger partial charge on any atom is -0.462 e. The number of rotatable bonds is 32. The van der Waals surface area contributed by atoms with Crippen LogP contribution in [0.3, 0.4) is 0 Å². The van der Waals surface area contributed by atoms with Crippen LogP contribution in [0.15, 0.2) is 36.5 Å². The number of phosphoric acid groups is 1. The highest BCUT2D eigenvalue weighted by atomic mass is 31.2. The Morgan fingerprint density at radius 3 is 1.87 bits per heavy atom. The van der Waals surface area contributed by atoms with Crippen molar-refractivity contribution in [1.29, 1.82) is 0 Å². The number of esters is 2. The minimum absolute atomic E-state index is 0.0441. The number of carbonyl (C=O) groups excluding carboxylic acids is 2. The molecule has 0 radical (unpaired) electrons. The van der Waals surface area contributed by atoms with Gasteiger partial charge >= 0.3 is 19.8 Å². The van der Waals surface area contributed by atoms with E-state index in [1.807, 2.05) is 12.2 Å². The predicted molar refractivity (Wildman–Crippen MR) is 183 cm³/mol. The van der Waals surface area contributed by atoms with Gasteiger partial charge in [-0.25, -0.2) is 4.57 Å². The predicted octanol–water partition coefficient (Wildman–Crippen LogP) is 9.04. The van der Waals surface area contributed by atoms with E-state index in [1.165, 1.54) is 51.4 Å². The zero-order valence-corrected chi connectivity index (χ0v) is 29.2. The fourth-order valence-electron chi connectivity index (χ4n) is 4.37. The van der Waals surface area contributed by atoms with Crippen molar-refractivity contribution >= 4 is 19.8 Å². The molecule has 0 fully saturated rings. The molecule has 0 amide bonds. The largest absolute Gasteiger partial charge is 0.472 e. The average molecular weight is 658 g/mol. The lowest BCUT2D eigenvalue weighted by Crippen LogP contribution is -2.29. The van der Waals surface area contributed by atoms with Gasteiger partial charge in [-0.2, -0.15) is 0 Å². The molecule has 0 aliphatic heterocycles. The summed E-state index contributed by atoms with van der Waals surface area (Å²) in [7, 11) is -4.38. The Labute approximate surface area is 274 Å². The number of allylic oxidation sites excluding steroid dienone is 6. The number of unbranched alkanes of at least 4 members (excludes halogenated alkanes) is 13. The molecule has 10 heteroatoms. The summed E-state index contributed by atoms with van der Waals surface area (Å²) in [6, 6.07) is 0. The first-order valence-corrected chi connectivity index (χ1v) is 19.0. The zero-order chi connectivity index (χ0) is 33.3. The fraction of sp³-hybridized carbons (Fsp3) is 0.771. The van der Waals surface area contributed by atoms with Gasteiger partial charge in [0.25, 0.3) is 0 Å². The lowest BCUT2D eigenvalue weighted by molar-refractivity contribution is -0.161. The molecular formula is C35H64NO8P. The third kappa shape index (κ3) is 32.0. The Kier molecular flexibility index (Phi) is 30.9. The first-order chi connectivity index (χ1) is 21.8. The average Bonchev–Trinajstić information content (AvgIpc) is 3.02. The first kappa shape index (κ1) is 43.2. The molecule has 0 aliphatic rings. The molecule has 0 aromatic rings. The van der Waals surface area contributed by atoms with Crippen LogP contribution in [0.4, 0.5) is 0 Å². The van der Waals surface area contributed by atoms with E-state index in [1.54, 1.807) is 0 Å². The lowest BCUT2D eigenvalue weighted by atomic mass is 10.1. The first-order valence-electron chi connectivity index (χ1n) is 17.5. The summed E-state index contributed by atoms with van der Waals surface area (Å²) < 4.78 is 32.4. The standard InChI is InChI=1S/C35H64NO8P/c1-3-5-7-9-11-13-15-16-18-20-22-24-26-28-35(38)44-33(32-43-45(39,40)42-30-29-36)31-41-34(37)27-25-23-21-19-17-14-12-10-8-6-4-2/h10,12,16,18,22,24,33H,3-9,11,13-15,17,19-21,23,25-32,36H2,1-2H3,(H,39,40)/b12-10+,18-16+,24-22+. The van der Waals surface area contributed by atoms with Crippen molar-refractivity contribution in [1.82, 2.24) is 0 Å². The third-order valence-electron chi connectivity index (χ3n) is 7.01. The smallest absolute Gasteiger partial charge is 0.462 e. The highest BCUT2D eigenvalue weighted by molar-refractivity contribution is 7.47. The van der Waals surface area contributed by atoms with E-state index in [9.17, 15) is 19.0 Å². The Balaban J connectivity index is 4.38. The maximum atomic E-state index is 12.4. The van der Waals surface area contributed by atoms with Gasteiger partial charge in [0.1, 0.15) is 6.61 Å². The number of nitrogens with two attached hydrogens (primary N) is 1. The SMILES string of the molecule is CCCC/C=C/CCCCCCCC(=O)OCC(COP(=O)(O)OCCN)OC(=O)CC/C=C/C/C=C/CCCCCCCC. The number of ether oxygens (including phenoxy) is 2. The molecule has 0 rings (SSSR count). The number of hydrogen-bond donors (Lipinski definition) is 2. The van der Waals surface area contributed by atoms with E-state index in [-0.39, 0.29) is 32.6 Å². The monoisotopic (exact) mass is 657 g/mol. The van der Waals surface area contributed by atoms with Gasteiger partial charge in [0.05, 0.1) is 13.2 Å². The maximum absolute atomic E-state index is 12.4. The maximum Gasteiger partial charge on any atom is 0.472 e. The van der Waals surface area contributed by atoms with Crippen LogP contribution in [0.5, 0.6) is 0 Å². The molecule has 9 nitrogen and oxygen atoms in total. The van der Waals surface area contributed by atoms with Crippen molar-refractivity contribution in [2.45, 2.75) is 148 Å². The van der Waals surface area contributed by atoms with Crippen LogP contribution in [0, 0.1) is 0 Å². The molecule has 2 unspecified atom stereocenters. The summed E-state index contributed by atoms with van der Waals surface area (Å²) in [6.45, 7) is 3.57. The number of hydrogen-bond acceptors (Lipinski definition) is 8. The van der Waals surface area contributed by atoms with E-state index in [0.29, 0.717) is 12.8 Å². The van der Waals surface area contributed by atoms with Crippen LogP contribution in [-0.2, 0) is 32.7 Å². The highest BCUT2D eigenvalue weighted by Crippen LogP contribution is 2.43. The van der Waals surface area contributed by atoms with Crippen LogP contribution >= 0.6 is 7.82 Å². The van der Waals surface area contributed by atoms with E-state index in [0.717, 1.165) is 51.4 Å². The van der Waals surface area contributed by atoms with Crippen LogP contribution < -0.4 is 5.73 Å². The number of carbonyl (C=O) groups is 2. The van der Waals surface area contributed by atoms with E-state index in [4.69, 9.17) is 24.3 Å². The van der Waals surface area contributed by atoms with Gasteiger partial charge in [0.15, 0.2) is 6.10 Å². The summed E-state index contributed by atoms with van der Waals surface area (Å²) in [6.07, 6.45) is 31.9. The van der Waals surface area contributed by atoms with Crippen molar-refractivity contribution in [3.63, 3.8) is 0 Å². The van der Waals surface area contributed by atoms with Crippen LogP contribution in [0.2, 0.25) is 0 Å². The van der Waals surface area contributed by atoms with Gasteiger partial charge in [-0.15, -0.1) is 0 Å². The molecule has 45 heavy (non-hydrogen) atoms. The molecule has 0 aromatic carbocycles. The van der Waals surface area contributed by atoms with Gasteiger partial charge in [-0.05, 0) is 51.4 Å². The van der Waals surface area contributed by atoms with E-state index < -0.39 is 32.5 Å². The van der Waals surface area contributed by atoms with Crippen molar-refractivity contribution in [2.75, 3.05) is 26.4 Å². The van der Waals surface area contributed by atoms with Crippen LogP contribution in [-0.4, -0.2) is 49.3 Å². The zero-order valence-electron chi connectivity index (χ0n) is 28.3. The molecule has 3 N–H and O–H groups in total. The molecule has 0 bridgehead atoms. The normalized spacial score (nSPS) is 14.0. The molecule has 262 valence electrons. The quantitative estimate of drug-likeness (QED) is 0.0314. The summed E-state index contributed by atoms with van der Waals surface area (Å²) in [5, 5.41) is 0. The fourth-order valence-corrected chi connectivity index (χ4v) is 5.14. The lowest BCUT2D eigenvalue weighted by Gasteiger charge is -2.19. The topological polar surface area (TPSA) is 134 Å². The second-order valence-electron chi connectivity index (χ2n) is 11.4. The van der Waals surface area contributed by atoms with Gasteiger partial charge < -0.3 is 20.1 Å². The van der Waals surface area contributed by atoms with Gasteiger partial charge in [-0.1, -0.05) is 115 Å². The molecule has 0 spiro atoms. The Morgan fingerprint density at radius 1 is 0.667 bits per heavy atom. The van der Waals surface area contributed by atoms with E-state index in [2.05, 4.69) is 38.2 Å². The van der Waals surface area contributed by atoms with Crippen molar-refractivity contribution < 1.29 is 37.6 Å². The summed E-state index contributed by atoms with van der Waals surface area (Å²) >= 11 is 0. The van der Waals surface area contributed by atoms with Gasteiger partial charge in [-0.3, -0.25) is 18.6 Å². The van der Waals surface area contributed by atoms with Crippen molar-refractivity contribution in [2.24, 2.45) is 5.73 Å². The second-order valence-corrected chi connectivity index (χ2v) is 12.8. The van der Waals surface area contributed by atoms with Crippen LogP contribution in [0.25, 0.3) is 0 Å². The molecule has 2 atom stereocenters. The third-order valence-corrected chi connectivity index (χ3v) is 8.00. The second kappa shape index (κ2) is 32.2. The Bertz CT molecular complexity index is 846. The minimum atomic E-state index is -4.38. The van der Waals surface area contributed by atoms with E-state index >= 15 is 0 Å². The van der Waals surface area contributed by atoms with Crippen LogP contribution in [0.1, 0.15) is 142 Å². The molecule has 0 aromatic heterocycles. The van der Waals surface area contributed by atoms with Gasteiger partial charge in [0, 0.05) is 19.4 Å². The molecule has 0 saturated heterocycles. The summed E-state index contributed by atoms with van der Waals surface area (Å²) in [5.74, 6) is -0.923. The molecule has 0 aliphatic carbocycles. The molecule has 0 heterocycles. The van der Waals surface area contributed by atoms with Crippen molar-refractivity contribution in [3.8, 4) is 0 Å². The summed E-state index contributed by atoms with van der Waals surface area (Å²) in [5.41, 5.74) is 5.31. The Hall–Kier alpha value is -1.77. The summed E-state index contributed by atoms with van der Waals surface area (Å²) in [4.78, 5) is 34.5. The molecule has 0 saturated carbocycles. The number of phosphoric ester groups is 1. The Morgan fingerprint density at radius 2 is 1.22 bits per heavy atom. The highest BCUT2D eigenvalue weighted by Gasteiger charge is 2.25. The molecular weight excluding hydrogens is 593 g/mol. The van der Waals surface area contributed by atoms with Crippen molar-refractivity contribution in [3.05, 3.63) is 36.5 Å².